The third-order valence-electron chi connectivity index (χ3n) is 9.54. The Morgan fingerprint density at radius 3 is 2.66 bits per heavy atom. The molecule has 10 heteroatoms. The molecule has 41 heavy (non-hydrogen) atoms. The number of pyridine rings is 1. The number of nitrogens with zero attached hydrogens (tertiary/aromatic N) is 5. The van der Waals surface area contributed by atoms with Gasteiger partial charge in [-0.05, 0) is 89.8 Å². The lowest BCUT2D eigenvalue weighted by molar-refractivity contribution is -0.0377. The monoisotopic (exact) mass is 563 g/mol. The van der Waals surface area contributed by atoms with Gasteiger partial charge in [-0.25, -0.2) is 15.2 Å². The van der Waals surface area contributed by atoms with Gasteiger partial charge in [0.15, 0.2) is 0 Å². The molecule has 2 aromatic rings. The first-order valence-electron chi connectivity index (χ1n) is 15.3. The van der Waals surface area contributed by atoms with Crippen LogP contribution in [-0.2, 0) is 9.47 Å². The van der Waals surface area contributed by atoms with Crippen molar-refractivity contribution in [3.05, 3.63) is 46.9 Å². The van der Waals surface area contributed by atoms with Gasteiger partial charge in [-0.2, -0.15) is 10.2 Å². The first-order chi connectivity index (χ1) is 19.7. The molecule has 3 aliphatic heterocycles. The zero-order valence-electron chi connectivity index (χ0n) is 25.1. The molecule has 0 bridgehead atoms. The third-order valence-corrected chi connectivity index (χ3v) is 9.54. The lowest BCUT2D eigenvalue weighted by Crippen LogP contribution is -2.64. The van der Waals surface area contributed by atoms with E-state index in [0.717, 1.165) is 80.9 Å². The second-order valence-electron chi connectivity index (χ2n) is 13.0. The van der Waals surface area contributed by atoms with Crippen LogP contribution in [0.15, 0.2) is 24.5 Å². The van der Waals surface area contributed by atoms with Gasteiger partial charge in [0.1, 0.15) is 5.82 Å². The van der Waals surface area contributed by atoms with E-state index in [-0.39, 0.29) is 35.9 Å². The van der Waals surface area contributed by atoms with Crippen molar-refractivity contribution in [2.45, 2.75) is 97.1 Å². The summed E-state index contributed by atoms with van der Waals surface area (Å²) in [4.78, 5) is 21.6. The van der Waals surface area contributed by atoms with Crippen molar-refractivity contribution in [1.82, 2.24) is 30.9 Å². The number of amides is 1. The minimum atomic E-state index is -0.180. The average Bonchev–Trinajstić information content (AvgIpc) is 3.35. The van der Waals surface area contributed by atoms with Crippen LogP contribution in [0, 0.1) is 25.2 Å². The zero-order valence-corrected chi connectivity index (χ0v) is 25.1. The van der Waals surface area contributed by atoms with Gasteiger partial charge in [-0.15, -0.1) is 0 Å². The highest BCUT2D eigenvalue weighted by atomic mass is 16.6. The van der Waals surface area contributed by atoms with Crippen LogP contribution in [0.3, 0.4) is 0 Å². The average molecular weight is 564 g/mol. The smallest absolute Gasteiger partial charge is 0.410 e. The van der Waals surface area contributed by atoms with Crippen LogP contribution in [-0.4, -0.2) is 70.6 Å². The summed E-state index contributed by atoms with van der Waals surface area (Å²) in [5.41, 5.74) is 11.7. The molecule has 4 fully saturated rings. The van der Waals surface area contributed by atoms with E-state index < -0.39 is 0 Å². The molecule has 5 heterocycles. The molecule has 0 radical (unpaired) electrons. The van der Waals surface area contributed by atoms with Crippen molar-refractivity contribution in [3.63, 3.8) is 0 Å². The van der Waals surface area contributed by atoms with Crippen LogP contribution in [0.4, 0.5) is 10.6 Å². The molecule has 1 saturated carbocycles. The van der Waals surface area contributed by atoms with Crippen LogP contribution in [0.5, 0.6) is 0 Å². The number of aryl methyl sites for hydroxylation is 2. The number of ether oxygens (including phenoxy) is 2. The van der Waals surface area contributed by atoms with E-state index in [1.54, 1.807) is 0 Å². The Morgan fingerprint density at radius 2 is 1.93 bits per heavy atom. The Labute approximate surface area is 243 Å². The summed E-state index contributed by atoms with van der Waals surface area (Å²) in [5.74, 6) is 1.46. The number of carbonyl (C=O) groups is 1. The summed E-state index contributed by atoms with van der Waals surface area (Å²) in [5, 5.41) is 8.33. The van der Waals surface area contributed by atoms with Crippen LogP contribution >= 0.6 is 0 Å². The molecule has 4 aliphatic rings. The quantitative estimate of drug-likeness (QED) is 0.529. The number of carbonyl (C=O) groups excluding carboxylic acids is 1. The number of likely N-dealkylation sites (tertiary alicyclic amines) is 1. The number of aromatic nitrogens is 3. The SMILES string of the molecule is Cc1cnnc(C)c1[C@@H](C)OC1CCC2NNC(c3ccc(N4CC5(CCCN(C(=O)OC(C)C)C5)C4)nc3)C2C1. The van der Waals surface area contributed by atoms with E-state index in [9.17, 15) is 4.79 Å². The van der Waals surface area contributed by atoms with Gasteiger partial charge in [-0.3, -0.25) is 5.43 Å². The molecular weight excluding hydrogens is 518 g/mol. The second kappa shape index (κ2) is 11.5. The van der Waals surface area contributed by atoms with Crippen LogP contribution in [0.2, 0.25) is 0 Å². The second-order valence-corrected chi connectivity index (χ2v) is 13.0. The minimum Gasteiger partial charge on any atom is -0.447 e. The molecule has 2 aromatic heterocycles. The summed E-state index contributed by atoms with van der Waals surface area (Å²) >= 11 is 0. The van der Waals surface area contributed by atoms with E-state index in [2.05, 4.69) is 51.9 Å². The first-order valence-corrected chi connectivity index (χ1v) is 15.3. The van der Waals surface area contributed by atoms with Gasteiger partial charge in [0.05, 0.1) is 36.2 Å². The first kappa shape index (κ1) is 28.3. The maximum Gasteiger partial charge on any atom is 0.410 e. The van der Waals surface area contributed by atoms with Crippen molar-refractivity contribution < 1.29 is 14.3 Å². The lowest BCUT2D eigenvalue weighted by atomic mass is 9.73. The molecule has 1 amide bonds. The Bertz CT molecular complexity index is 1210. The summed E-state index contributed by atoms with van der Waals surface area (Å²) in [7, 11) is 0. The summed E-state index contributed by atoms with van der Waals surface area (Å²) in [6.07, 6.45) is 9.10. The minimum absolute atomic E-state index is 0.00862. The van der Waals surface area contributed by atoms with Gasteiger partial charge in [0.2, 0.25) is 0 Å². The number of rotatable bonds is 6. The van der Waals surface area contributed by atoms with E-state index >= 15 is 0 Å². The molecular formula is C31H45N7O3. The summed E-state index contributed by atoms with van der Waals surface area (Å²) in [6.45, 7) is 13.5. The van der Waals surface area contributed by atoms with Crippen LogP contribution in [0.25, 0.3) is 0 Å². The zero-order chi connectivity index (χ0) is 28.7. The lowest BCUT2D eigenvalue weighted by Gasteiger charge is -2.54. The highest BCUT2D eigenvalue weighted by molar-refractivity contribution is 5.68. The number of hydrogen-bond acceptors (Lipinski definition) is 9. The molecule has 2 N–H and O–H groups in total. The van der Waals surface area contributed by atoms with Crippen LogP contribution in [0.1, 0.15) is 87.4 Å². The predicted octanol–water partition coefficient (Wildman–Crippen LogP) is 4.40. The van der Waals surface area contributed by atoms with Gasteiger partial charge >= 0.3 is 6.09 Å². The molecule has 6 rings (SSSR count). The van der Waals surface area contributed by atoms with Gasteiger partial charge < -0.3 is 19.3 Å². The molecule has 4 unspecified atom stereocenters. The van der Waals surface area contributed by atoms with E-state index in [0.29, 0.717) is 12.0 Å². The third kappa shape index (κ3) is 5.79. The molecule has 5 atom stereocenters. The van der Waals surface area contributed by atoms with Crippen molar-refractivity contribution in [2.75, 3.05) is 31.1 Å². The Balaban J connectivity index is 1.05. The molecule has 1 spiro atoms. The van der Waals surface area contributed by atoms with E-state index in [1.807, 2.05) is 38.1 Å². The fourth-order valence-corrected chi connectivity index (χ4v) is 7.65. The van der Waals surface area contributed by atoms with Crippen LogP contribution < -0.4 is 15.8 Å². The standard InChI is InChI=1S/C31H45N7O3/c1-19(2)40-30(39)37-12-6-11-31(16-37)17-38(18-31)27-10-7-23(15-32-27)29-25-13-24(8-9-26(25)35-36-29)41-22(5)28-20(3)14-33-34-21(28)4/h7,10,14-15,19,22,24-26,29,35-36H,6,8-9,11-13,16-18H2,1-5H3/t22-,24?,25?,26?,29?/m1/s1. The summed E-state index contributed by atoms with van der Waals surface area (Å²) in [6, 6.07) is 5.03. The maximum atomic E-state index is 12.5. The highest BCUT2D eigenvalue weighted by Gasteiger charge is 2.47. The number of hydrogen-bond donors (Lipinski definition) is 2. The van der Waals surface area contributed by atoms with Crippen molar-refractivity contribution >= 4 is 11.9 Å². The van der Waals surface area contributed by atoms with Crippen molar-refractivity contribution in [3.8, 4) is 0 Å². The largest absolute Gasteiger partial charge is 0.447 e. The molecule has 3 saturated heterocycles. The Kier molecular flexibility index (Phi) is 7.91. The predicted molar refractivity (Wildman–Crippen MR) is 156 cm³/mol. The topological polar surface area (TPSA) is 105 Å². The van der Waals surface area contributed by atoms with Crippen molar-refractivity contribution in [1.29, 1.82) is 0 Å². The Hall–Kier alpha value is -2.82. The maximum absolute atomic E-state index is 12.5. The van der Waals surface area contributed by atoms with E-state index in [1.165, 1.54) is 5.56 Å². The fraction of sp³-hybridized carbons (Fsp3) is 0.677. The number of nitrogens with one attached hydrogen (secondary N) is 2. The number of anilines is 1. The fourth-order valence-electron chi connectivity index (χ4n) is 7.65. The summed E-state index contributed by atoms with van der Waals surface area (Å²) < 4.78 is 12.1. The normalized spacial score (nSPS) is 28.0. The van der Waals surface area contributed by atoms with Crippen molar-refractivity contribution in [2.24, 2.45) is 11.3 Å². The molecule has 222 valence electrons. The number of piperidine rings is 1. The van der Waals surface area contributed by atoms with Gasteiger partial charge in [-0.1, -0.05) is 6.07 Å². The number of hydrazine groups is 1. The molecule has 10 nitrogen and oxygen atoms in total. The molecule has 0 aromatic carbocycles. The molecule has 1 aliphatic carbocycles. The van der Waals surface area contributed by atoms with E-state index in [4.69, 9.17) is 14.5 Å². The number of fused-ring (bicyclic) bond motifs is 1. The highest BCUT2D eigenvalue weighted by Crippen LogP contribution is 2.43. The van der Waals surface area contributed by atoms with Gasteiger partial charge in [0.25, 0.3) is 0 Å². The Morgan fingerprint density at radius 1 is 1.10 bits per heavy atom. The van der Waals surface area contributed by atoms with Gasteiger partial charge in [0, 0.05) is 49.4 Å².